The number of amides is 11. The summed E-state index contributed by atoms with van der Waals surface area (Å²) in [6, 6.07) is -3.46. The third-order valence-electron chi connectivity index (χ3n) is 20.9. The van der Waals surface area contributed by atoms with Crippen LogP contribution >= 0.6 is 0 Å². The van der Waals surface area contributed by atoms with Gasteiger partial charge >= 0.3 is 0 Å². The van der Waals surface area contributed by atoms with E-state index in [4.69, 9.17) is 47.4 Å². The fraction of sp³-hybridized carbons (Fsp3) is 0.866. The fourth-order valence-corrected chi connectivity index (χ4v) is 14.1. The van der Waals surface area contributed by atoms with E-state index in [2.05, 4.69) is 53.2 Å². The van der Waals surface area contributed by atoms with Crippen LogP contribution in [0.3, 0.4) is 0 Å². The molecule has 716 valence electrons. The Kier molecular flexibility index (Phi) is 54.6. The van der Waals surface area contributed by atoms with Crippen molar-refractivity contribution >= 4 is 65.0 Å². The van der Waals surface area contributed by atoms with E-state index in [0.29, 0.717) is 90.2 Å². The van der Waals surface area contributed by atoms with Gasteiger partial charge in [-0.3, -0.25) is 52.7 Å². The maximum atomic E-state index is 14.1. The van der Waals surface area contributed by atoms with Crippen molar-refractivity contribution in [1.29, 1.82) is 0 Å². The highest BCUT2D eigenvalue weighted by Crippen LogP contribution is 2.28. The Morgan fingerprint density at radius 1 is 0.363 bits per heavy atom. The first-order valence-corrected chi connectivity index (χ1v) is 44.0. The Balaban J connectivity index is 1.31. The molecule has 0 bridgehead atoms. The summed E-state index contributed by atoms with van der Waals surface area (Å²) in [4.78, 5) is 142. The Bertz CT molecular complexity index is 2870. The summed E-state index contributed by atoms with van der Waals surface area (Å²) < 4.78 is 58.2. The Hall–Kier alpha value is -6.63. The molecule has 17 atom stereocenters. The standard InChI is InChI=1S/C82H147N11O31/c1-53(97)89-69-75(112)72(109)58(46-94)122-78(69)118-38-18-15-24-61(101)83-32-21-35-86-64(104)29-41-115-50-82(92-67(107)27-13-11-9-7-8-10-12-14-28-68(108)93-45-57(100)44-56(93)49-121-81(4,5)6,51-116-42-30-65(105)87-36-22-33-84-62(102)25-16-19-39-119-79-70(90-54(2)98)76(113)73(110)59(47-95)123-79)52-117-43-31-66(106)88-37-23-34-85-63(103)26-17-20-40-120-80-71(91-55(3)99)77(114)74(111)60(48-96)124-80/h56-60,69-80,94-96,100,109-114H,7-52H2,1-6H3,(H,83,101)(H,84,102)(H,85,103)(H,86,104)(H,87,105)(H,88,106)(H,89,97)(H,90,98)(H,91,99)(H,92,107)/t56-,57+,58?,59?,60?,69?,70?,71?,72?,73?,74?,75?,76?,77?,78?,79?,80?,82?/m0/s1. The Morgan fingerprint density at radius 3 is 0.960 bits per heavy atom. The van der Waals surface area contributed by atoms with Crippen molar-refractivity contribution in [1.82, 2.24) is 58.1 Å². The summed E-state index contributed by atoms with van der Waals surface area (Å²) in [6.45, 7) is 8.80. The number of ether oxygens (including phenoxy) is 10. The van der Waals surface area contributed by atoms with Gasteiger partial charge in [-0.1, -0.05) is 38.5 Å². The van der Waals surface area contributed by atoms with Crippen molar-refractivity contribution in [3.63, 3.8) is 0 Å². The molecule has 124 heavy (non-hydrogen) atoms. The van der Waals surface area contributed by atoms with Gasteiger partial charge in [0.25, 0.3) is 0 Å². The summed E-state index contributed by atoms with van der Waals surface area (Å²) in [5.41, 5.74) is -1.80. The number of aliphatic hydroxyl groups excluding tert-OH is 10. The first-order valence-electron chi connectivity index (χ1n) is 44.0. The number of carbonyl (C=O) groups excluding carboxylic acids is 11. The van der Waals surface area contributed by atoms with Gasteiger partial charge < -0.3 is 157 Å². The van der Waals surface area contributed by atoms with Crippen LogP contribution in [0.1, 0.15) is 208 Å². The van der Waals surface area contributed by atoms with Crippen LogP contribution in [0.5, 0.6) is 0 Å². The van der Waals surface area contributed by atoms with Crippen molar-refractivity contribution in [3.05, 3.63) is 0 Å². The number of β-amino-alcohol motifs (C(OH)–C–C–N with tert-alkyl or cyclic N) is 1. The van der Waals surface area contributed by atoms with E-state index in [-0.39, 0.29) is 203 Å². The molecular weight excluding hydrogens is 1630 g/mol. The van der Waals surface area contributed by atoms with Crippen molar-refractivity contribution in [2.75, 3.05) is 132 Å². The SMILES string of the molecule is CC(=O)NC1C(OCCCCC(=O)NCCCNC(=O)CCOCC(COCCC(=O)NCCCNC(=O)CCCCOC2OC(CO)C(O)C(O)C2NC(C)=O)(COCCC(=O)NCCCNC(=O)CCCCOC2OC(CO)C(O)C(O)C2NC(C)=O)NC(=O)CCCCCCCCCCC(=O)N2C[C@H](O)C[C@H]2COC(C)(C)C)OC(CO)C(O)C1O. The summed E-state index contributed by atoms with van der Waals surface area (Å²) in [7, 11) is 0. The van der Waals surface area contributed by atoms with Crippen LogP contribution in [0.15, 0.2) is 0 Å². The second-order valence-corrected chi connectivity index (χ2v) is 33.0. The van der Waals surface area contributed by atoms with Gasteiger partial charge in [0.15, 0.2) is 18.9 Å². The van der Waals surface area contributed by atoms with Crippen LogP contribution in [0.4, 0.5) is 0 Å². The summed E-state index contributed by atoms with van der Waals surface area (Å²) in [5.74, 6) is -3.74. The topological polar surface area (TPSA) is 606 Å². The molecule has 0 radical (unpaired) electrons. The molecule has 4 aliphatic rings. The average Bonchev–Trinajstić information content (AvgIpc) is 1.01. The smallest absolute Gasteiger partial charge is 0.222 e. The summed E-state index contributed by atoms with van der Waals surface area (Å²) >= 11 is 0. The van der Waals surface area contributed by atoms with E-state index in [1.807, 2.05) is 20.8 Å². The molecule has 0 spiro atoms. The van der Waals surface area contributed by atoms with Gasteiger partial charge in [-0.2, -0.15) is 0 Å². The molecule has 4 rings (SSSR count). The number of unbranched alkanes of at least 4 members (excludes halogenated alkanes) is 10. The van der Waals surface area contributed by atoms with E-state index in [1.165, 1.54) is 20.8 Å². The molecule has 0 saturated carbocycles. The second kappa shape index (κ2) is 61.8. The molecule has 0 aromatic rings. The van der Waals surface area contributed by atoms with Crippen molar-refractivity contribution in [3.8, 4) is 0 Å². The van der Waals surface area contributed by atoms with Gasteiger partial charge in [0, 0.05) is 138 Å². The van der Waals surface area contributed by atoms with Crippen molar-refractivity contribution in [2.45, 2.75) is 324 Å². The number of hydrogen-bond donors (Lipinski definition) is 20. The van der Waals surface area contributed by atoms with Gasteiger partial charge in [-0.05, 0) is 97.8 Å². The molecule has 42 heteroatoms. The maximum Gasteiger partial charge on any atom is 0.222 e. The quantitative estimate of drug-likeness (QED) is 0.0258. The highest BCUT2D eigenvalue weighted by Gasteiger charge is 2.48. The third-order valence-corrected chi connectivity index (χ3v) is 20.9. The van der Waals surface area contributed by atoms with E-state index >= 15 is 0 Å². The van der Waals surface area contributed by atoms with E-state index in [9.17, 15) is 104 Å². The van der Waals surface area contributed by atoms with Gasteiger partial charge in [0.05, 0.1) is 83.8 Å². The zero-order valence-corrected chi connectivity index (χ0v) is 73.3. The minimum absolute atomic E-state index is 0.0109. The molecule has 4 saturated heterocycles. The zero-order chi connectivity index (χ0) is 91.4. The monoisotopic (exact) mass is 1780 g/mol. The average molecular weight is 1780 g/mol. The van der Waals surface area contributed by atoms with Crippen LogP contribution in [-0.4, -0.2) is 368 Å². The molecule has 20 N–H and O–H groups in total. The van der Waals surface area contributed by atoms with Gasteiger partial charge in [0.2, 0.25) is 65.0 Å². The molecule has 11 amide bonds. The van der Waals surface area contributed by atoms with Gasteiger partial charge in [-0.15, -0.1) is 0 Å². The number of aliphatic hydroxyl groups is 10. The lowest BCUT2D eigenvalue weighted by Gasteiger charge is -2.42. The van der Waals surface area contributed by atoms with Gasteiger partial charge in [0.1, 0.15) is 78.6 Å². The molecule has 42 nitrogen and oxygen atoms in total. The molecule has 4 fully saturated rings. The van der Waals surface area contributed by atoms with Crippen LogP contribution in [0.25, 0.3) is 0 Å². The number of likely N-dealkylation sites (tertiary alicyclic amines) is 1. The second-order valence-electron chi connectivity index (χ2n) is 33.0. The highest BCUT2D eigenvalue weighted by molar-refractivity contribution is 5.79. The highest BCUT2D eigenvalue weighted by atomic mass is 16.7. The molecule has 0 aliphatic carbocycles. The van der Waals surface area contributed by atoms with Crippen LogP contribution in [0, 0.1) is 0 Å². The first-order chi connectivity index (χ1) is 59.2. The number of carbonyl (C=O) groups is 11. The molecule has 15 unspecified atom stereocenters. The fourth-order valence-electron chi connectivity index (χ4n) is 14.1. The lowest BCUT2D eigenvalue weighted by molar-refractivity contribution is -0.270. The van der Waals surface area contributed by atoms with Crippen LogP contribution in [-0.2, 0) is 100 Å². The third kappa shape index (κ3) is 44.9. The molecule has 4 heterocycles. The predicted octanol–water partition coefficient (Wildman–Crippen LogP) is -4.00. The predicted molar refractivity (Wildman–Crippen MR) is 443 cm³/mol. The lowest BCUT2D eigenvalue weighted by Crippen LogP contribution is -2.64. The molecule has 0 aromatic carbocycles. The number of rotatable bonds is 65. The van der Waals surface area contributed by atoms with Crippen molar-refractivity contribution < 1.29 is 151 Å². The van der Waals surface area contributed by atoms with E-state index in [0.717, 1.165) is 44.9 Å². The number of nitrogens with zero attached hydrogens (tertiary/aromatic N) is 1. The molecular formula is C82H147N11O31. The Labute approximate surface area is 726 Å². The van der Waals surface area contributed by atoms with Crippen LogP contribution < -0.4 is 53.2 Å². The summed E-state index contributed by atoms with van der Waals surface area (Å²) in [5, 5.41) is 129. The largest absolute Gasteiger partial charge is 0.394 e. The lowest BCUT2D eigenvalue weighted by atomic mass is 9.97. The normalized spacial score (nSPS) is 25.0. The minimum atomic E-state index is -1.47. The minimum Gasteiger partial charge on any atom is -0.394 e. The number of hydrogen-bond acceptors (Lipinski definition) is 31. The molecule has 0 aromatic heterocycles. The number of nitrogens with one attached hydrogen (secondary N) is 10. The Morgan fingerprint density at radius 2 is 0.653 bits per heavy atom. The molecule has 4 aliphatic heterocycles. The van der Waals surface area contributed by atoms with Gasteiger partial charge in [-0.25, -0.2) is 0 Å². The zero-order valence-electron chi connectivity index (χ0n) is 73.3. The van der Waals surface area contributed by atoms with E-state index in [1.54, 1.807) is 4.90 Å². The maximum absolute atomic E-state index is 14.1. The summed E-state index contributed by atoms with van der Waals surface area (Å²) in [6.07, 6.45) is -5.30. The van der Waals surface area contributed by atoms with Crippen LogP contribution in [0.2, 0.25) is 0 Å². The van der Waals surface area contributed by atoms with E-state index < -0.39 is 141 Å². The first kappa shape index (κ1) is 110. The van der Waals surface area contributed by atoms with Crippen molar-refractivity contribution in [2.24, 2.45) is 0 Å².